The molecule has 4 nitrogen and oxygen atoms in total. The van der Waals surface area contributed by atoms with Crippen molar-refractivity contribution in [2.75, 3.05) is 26.2 Å². The molecule has 0 amide bonds. The highest BCUT2D eigenvalue weighted by Gasteiger charge is 2.28. The van der Waals surface area contributed by atoms with Gasteiger partial charge in [-0.15, -0.1) is 0 Å². The van der Waals surface area contributed by atoms with Crippen molar-refractivity contribution in [2.45, 2.75) is 58.6 Å². The van der Waals surface area contributed by atoms with E-state index in [9.17, 15) is 0 Å². The third-order valence-corrected chi connectivity index (χ3v) is 4.12. The van der Waals surface area contributed by atoms with Gasteiger partial charge in [0.1, 0.15) is 0 Å². The summed E-state index contributed by atoms with van der Waals surface area (Å²) < 4.78 is 5.91. The Hall–Kier alpha value is -0.160. The van der Waals surface area contributed by atoms with Gasteiger partial charge < -0.3 is 4.74 Å². The van der Waals surface area contributed by atoms with Gasteiger partial charge in [-0.2, -0.15) is 0 Å². The molecule has 4 heteroatoms. The van der Waals surface area contributed by atoms with Crippen molar-refractivity contribution in [1.82, 2.24) is 10.3 Å². The molecule has 1 aliphatic rings. The summed E-state index contributed by atoms with van der Waals surface area (Å²) in [4.78, 5) is 2.49. The summed E-state index contributed by atoms with van der Waals surface area (Å²) in [5.41, 5.74) is 2.98. The van der Waals surface area contributed by atoms with Gasteiger partial charge in [0.15, 0.2) is 0 Å². The van der Waals surface area contributed by atoms with Crippen LogP contribution in [0.2, 0.25) is 0 Å². The highest BCUT2D eigenvalue weighted by atomic mass is 16.5. The molecule has 1 saturated heterocycles. The van der Waals surface area contributed by atoms with Gasteiger partial charge in [0.2, 0.25) is 0 Å². The zero-order chi connectivity index (χ0) is 13.4. The first kappa shape index (κ1) is 15.9. The summed E-state index contributed by atoms with van der Waals surface area (Å²) >= 11 is 0. The highest BCUT2D eigenvalue weighted by Crippen LogP contribution is 2.19. The smallest absolute Gasteiger partial charge is 0.0868 e. The molecule has 0 radical (unpaired) electrons. The summed E-state index contributed by atoms with van der Waals surface area (Å²) in [5, 5.41) is 0. The molecule has 0 bridgehead atoms. The molecular formula is C14H31N3O. The van der Waals surface area contributed by atoms with Crippen LogP contribution in [0.25, 0.3) is 0 Å². The van der Waals surface area contributed by atoms with E-state index < -0.39 is 0 Å². The van der Waals surface area contributed by atoms with Crippen LogP contribution in [0.1, 0.15) is 46.5 Å². The van der Waals surface area contributed by atoms with Gasteiger partial charge in [-0.1, -0.05) is 33.6 Å². The van der Waals surface area contributed by atoms with Gasteiger partial charge in [0, 0.05) is 19.1 Å². The highest BCUT2D eigenvalue weighted by molar-refractivity contribution is 4.83. The second kappa shape index (κ2) is 8.86. The molecule has 0 saturated carbocycles. The average molecular weight is 257 g/mol. The van der Waals surface area contributed by atoms with Crippen LogP contribution in [-0.4, -0.2) is 43.3 Å². The van der Waals surface area contributed by atoms with Crippen LogP contribution in [0.15, 0.2) is 0 Å². The quantitative estimate of drug-likeness (QED) is 0.514. The van der Waals surface area contributed by atoms with Gasteiger partial charge >= 0.3 is 0 Å². The van der Waals surface area contributed by atoms with E-state index in [1.54, 1.807) is 0 Å². The fourth-order valence-electron chi connectivity index (χ4n) is 2.80. The molecule has 1 fully saturated rings. The molecule has 1 rings (SSSR count). The van der Waals surface area contributed by atoms with E-state index in [4.69, 9.17) is 10.6 Å². The van der Waals surface area contributed by atoms with E-state index in [2.05, 4.69) is 31.1 Å². The topological polar surface area (TPSA) is 50.5 Å². The first-order valence-electron chi connectivity index (χ1n) is 7.55. The van der Waals surface area contributed by atoms with Crippen molar-refractivity contribution in [1.29, 1.82) is 0 Å². The third kappa shape index (κ3) is 4.84. The van der Waals surface area contributed by atoms with E-state index in [0.29, 0.717) is 0 Å². The van der Waals surface area contributed by atoms with Crippen LogP contribution in [0.3, 0.4) is 0 Å². The lowest BCUT2D eigenvalue weighted by atomic mass is 9.92. The summed E-state index contributed by atoms with van der Waals surface area (Å²) in [6, 6.07) is 0.287. The molecule has 0 aromatic rings. The molecule has 2 atom stereocenters. The number of nitrogens with two attached hydrogens (primary N) is 1. The second-order valence-electron chi connectivity index (χ2n) is 5.40. The lowest BCUT2D eigenvalue weighted by molar-refractivity contribution is -0.0501. The number of ether oxygens (including phenoxy) is 1. The number of rotatable bonds is 8. The molecule has 3 N–H and O–H groups in total. The molecule has 0 aromatic carbocycles. The zero-order valence-electron chi connectivity index (χ0n) is 12.3. The van der Waals surface area contributed by atoms with Crippen LogP contribution in [-0.2, 0) is 4.74 Å². The molecule has 1 aliphatic heterocycles. The maximum absolute atomic E-state index is 5.91. The molecule has 108 valence electrons. The van der Waals surface area contributed by atoms with Crippen molar-refractivity contribution in [3.05, 3.63) is 0 Å². The standard InChI is InChI=1S/C14H31N3O/c1-4-7-17-8-9-18-14(11-17)13(16-15)10-12(5-2)6-3/h12-14,16H,4-11,15H2,1-3H3. The largest absolute Gasteiger partial charge is 0.374 e. The number of hydrazine groups is 1. The van der Waals surface area contributed by atoms with Gasteiger partial charge in [0.25, 0.3) is 0 Å². The summed E-state index contributed by atoms with van der Waals surface area (Å²) in [7, 11) is 0. The van der Waals surface area contributed by atoms with Gasteiger partial charge in [-0.3, -0.25) is 16.2 Å². The molecule has 0 aliphatic carbocycles. The number of hydrogen-bond acceptors (Lipinski definition) is 4. The molecule has 0 aromatic heterocycles. The average Bonchev–Trinajstić information content (AvgIpc) is 2.41. The van der Waals surface area contributed by atoms with Crippen LogP contribution in [0, 0.1) is 5.92 Å². The first-order valence-corrected chi connectivity index (χ1v) is 7.55. The Morgan fingerprint density at radius 2 is 2.06 bits per heavy atom. The minimum absolute atomic E-state index is 0.246. The van der Waals surface area contributed by atoms with E-state index >= 15 is 0 Å². The molecular weight excluding hydrogens is 226 g/mol. The molecule has 2 unspecified atom stereocenters. The van der Waals surface area contributed by atoms with Crippen LogP contribution < -0.4 is 11.3 Å². The Balaban J connectivity index is 2.47. The zero-order valence-corrected chi connectivity index (χ0v) is 12.3. The van der Waals surface area contributed by atoms with Crippen molar-refractivity contribution in [2.24, 2.45) is 11.8 Å². The Bertz CT molecular complexity index is 207. The van der Waals surface area contributed by atoms with Crippen molar-refractivity contribution >= 4 is 0 Å². The predicted molar refractivity (Wildman–Crippen MR) is 76.3 cm³/mol. The minimum atomic E-state index is 0.246. The van der Waals surface area contributed by atoms with Crippen LogP contribution in [0.5, 0.6) is 0 Å². The summed E-state index contributed by atoms with van der Waals surface area (Å²) in [6.07, 6.45) is 5.02. The molecule has 1 heterocycles. The number of nitrogens with one attached hydrogen (secondary N) is 1. The van der Waals surface area contributed by atoms with Gasteiger partial charge in [0.05, 0.1) is 12.7 Å². The maximum atomic E-state index is 5.91. The van der Waals surface area contributed by atoms with E-state index in [-0.39, 0.29) is 12.1 Å². The summed E-state index contributed by atoms with van der Waals surface area (Å²) in [5.74, 6) is 6.48. The van der Waals surface area contributed by atoms with Gasteiger partial charge in [-0.25, -0.2) is 0 Å². The maximum Gasteiger partial charge on any atom is 0.0868 e. The molecule has 0 spiro atoms. The number of hydrogen-bond donors (Lipinski definition) is 2. The van der Waals surface area contributed by atoms with E-state index in [1.165, 1.54) is 25.8 Å². The monoisotopic (exact) mass is 257 g/mol. The number of morpholine rings is 1. The Morgan fingerprint density at radius 1 is 1.33 bits per heavy atom. The second-order valence-corrected chi connectivity index (χ2v) is 5.40. The minimum Gasteiger partial charge on any atom is -0.374 e. The molecule has 18 heavy (non-hydrogen) atoms. The van der Waals surface area contributed by atoms with E-state index in [0.717, 1.165) is 32.0 Å². The number of nitrogens with zero attached hydrogens (tertiary/aromatic N) is 1. The fourth-order valence-corrected chi connectivity index (χ4v) is 2.80. The van der Waals surface area contributed by atoms with E-state index in [1.807, 2.05) is 0 Å². The SMILES string of the molecule is CCCN1CCOC(C(CC(CC)CC)NN)C1. The fraction of sp³-hybridized carbons (Fsp3) is 1.00. The van der Waals surface area contributed by atoms with Crippen LogP contribution in [0.4, 0.5) is 0 Å². The summed E-state index contributed by atoms with van der Waals surface area (Å²) in [6.45, 7) is 10.8. The normalized spacial score (nSPS) is 23.5. The lowest BCUT2D eigenvalue weighted by Gasteiger charge is -2.37. The Morgan fingerprint density at radius 3 is 2.61 bits per heavy atom. The van der Waals surface area contributed by atoms with Gasteiger partial charge in [-0.05, 0) is 25.3 Å². The Kier molecular flexibility index (Phi) is 7.82. The third-order valence-electron chi connectivity index (χ3n) is 4.12. The van der Waals surface area contributed by atoms with Crippen molar-refractivity contribution < 1.29 is 4.74 Å². The van der Waals surface area contributed by atoms with Crippen LogP contribution >= 0.6 is 0 Å². The lowest BCUT2D eigenvalue weighted by Crippen LogP contribution is -2.54. The first-order chi connectivity index (χ1) is 8.74. The Labute approximate surface area is 112 Å². The van der Waals surface area contributed by atoms with Crippen molar-refractivity contribution in [3.63, 3.8) is 0 Å². The predicted octanol–water partition coefficient (Wildman–Crippen LogP) is 1.76. The van der Waals surface area contributed by atoms with Crippen molar-refractivity contribution in [3.8, 4) is 0 Å².